The lowest BCUT2D eigenvalue weighted by Crippen LogP contribution is -2.21. The van der Waals surface area contributed by atoms with Crippen molar-refractivity contribution in [2.75, 3.05) is 6.61 Å². The van der Waals surface area contributed by atoms with Gasteiger partial charge in [0.2, 0.25) is 0 Å². The first-order valence-electron chi connectivity index (χ1n) is 6.78. The summed E-state index contributed by atoms with van der Waals surface area (Å²) in [6.45, 7) is 2.54. The van der Waals surface area contributed by atoms with Crippen LogP contribution in [0.3, 0.4) is 0 Å². The number of carboxylic acid groups (broad SMARTS) is 1. The molecule has 1 aliphatic rings. The molecule has 21 heavy (non-hydrogen) atoms. The first-order chi connectivity index (χ1) is 9.99. The summed E-state index contributed by atoms with van der Waals surface area (Å²) in [7, 11) is 0. The molecule has 1 aromatic carbocycles. The standard InChI is InChI=1S/C15H17NO5/c1-10-4-2-3-5-11(10)9-21-14-7-6-12(16(19)20)8-13(14)15(17)18/h2-3,6-8,10-11H,4-5,9H2,1H3,(H,17,18). The van der Waals surface area contributed by atoms with Gasteiger partial charge in [0.15, 0.2) is 0 Å². The molecular formula is C15H17NO5. The van der Waals surface area contributed by atoms with Gasteiger partial charge in [0.25, 0.3) is 5.69 Å². The number of ether oxygens (including phenoxy) is 1. The second-order valence-electron chi connectivity index (χ2n) is 5.23. The van der Waals surface area contributed by atoms with Crippen LogP contribution in [0.1, 0.15) is 30.1 Å². The van der Waals surface area contributed by atoms with Gasteiger partial charge in [0.05, 0.1) is 11.5 Å². The molecule has 6 heteroatoms. The summed E-state index contributed by atoms with van der Waals surface area (Å²) in [5.74, 6) is -0.256. The Bertz CT molecular complexity index is 581. The van der Waals surface area contributed by atoms with Crippen molar-refractivity contribution >= 4 is 11.7 Å². The fourth-order valence-electron chi connectivity index (χ4n) is 2.36. The zero-order valence-corrected chi connectivity index (χ0v) is 11.7. The minimum Gasteiger partial charge on any atom is -0.492 e. The largest absolute Gasteiger partial charge is 0.492 e. The van der Waals surface area contributed by atoms with Gasteiger partial charge in [0, 0.05) is 12.1 Å². The predicted octanol–water partition coefficient (Wildman–Crippen LogP) is 3.27. The summed E-state index contributed by atoms with van der Waals surface area (Å²) >= 11 is 0. The molecule has 0 aliphatic heterocycles. The Morgan fingerprint density at radius 2 is 2.14 bits per heavy atom. The molecule has 112 valence electrons. The van der Waals surface area contributed by atoms with Gasteiger partial charge in [-0.2, -0.15) is 0 Å². The fourth-order valence-corrected chi connectivity index (χ4v) is 2.36. The third kappa shape index (κ3) is 3.59. The Morgan fingerprint density at radius 3 is 2.76 bits per heavy atom. The van der Waals surface area contributed by atoms with Gasteiger partial charge in [-0.3, -0.25) is 10.1 Å². The maximum absolute atomic E-state index is 11.2. The van der Waals surface area contributed by atoms with Crippen molar-refractivity contribution in [1.29, 1.82) is 0 Å². The first-order valence-corrected chi connectivity index (χ1v) is 6.78. The van der Waals surface area contributed by atoms with E-state index in [-0.39, 0.29) is 17.0 Å². The normalized spacial score (nSPS) is 21.0. The highest BCUT2D eigenvalue weighted by Gasteiger charge is 2.21. The number of nitro benzene ring substituents is 1. The van der Waals surface area contributed by atoms with Crippen molar-refractivity contribution in [3.05, 3.63) is 46.0 Å². The topological polar surface area (TPSA) is 89.7 Å². The van der Waals surface area contributed by atoms with Crippen molar-refractivity contribution < 1.29 is 19.6 Å². The lowest BCUT2D eigenvalue weighted by Gasteiger charge is -2.25. The molecule has 2 atom stereocenters. The molecule has 0 saturated carbocycles. The Balaban J connectivity index is 2.14. The molecule has 1 N–H and O–H groups in total. The lowest BCUT2D eigenvalue weighted by molar-refractivity contribution is -0.384. The average Bonchev–Trinajstić information content (AvgIpc) is 2.46. The molecule has 2 unspecified atom stereocenters. The van der Waals surface area contributed by atoms with Crippen LogP contribution in [0.2, 0.25) is 0 Å². The Hall–Kier alpha value is -2.37. The number of nitrogens with zero attached hydrogens (tertiary/aromatic N) is 1. The zero-order valence-electron chi connectivity index (χ0n) is 11.7. The molecule has 0 aromatic heterocycles. The number of rotatable bonds is 5. The van der Waals surface area contributed by atoms with Crippen molar-refractivity contribution in [3.8, 4) is 5.75 Å². The van der Waals surface area contributed by atoms with Crippen LogP contribution in [-0.2, 0) is 0 Å². The molecule has 2 rings (SSSR count). The maximum atomic E-state index is 11.2. The summed E-state index contributed by atoms with van der Waals surface area (Å²) in [6, 6.07) is 3.64. The summed E-state index contributed by atoms with van der Waals surface area (Å²) in [6.07, 6.45) is 6.12. The summed E-state index contributed by atoms with van der Waals surface area (Å²) in [5, 5.41) is 19.8. The molecule has 1 aromatic rings. The predicted molar refractivity (Wildman–Crippen MR) is 76.6 cm³/mol. The number of non-ortho nitro benzene ring substituents is 1. The van der Waals surface area contributed by atoms with E-state index >= 15 is 0 Å². The van der Waals surface area contributed by atoms with E-state index in [9.17, 15) is 14.9 Å². The van der Waals surface area contributed by atoms with Gasteiger partial charge < -0.3 is 9.84 Å². The van der Waals surface area contributed by atoms with Gasteiger partial charge in [0.1, 0.15) is 11.3 Å². The van der Waals surface area contributed by atoms with Crippen molar-refractivity contribution in [1.82, 2.24) is 0 Å². The maximum Gasteiger partial charge on any atom is 0.339 e. The van der Waals surface area contributed by atoms with Crippen LogP contribution < -0.4 is 4.74 Å². The highest BCUT2D eigenvalue weighted by molar-refractivity contribution is 5.91. The molecule has 0 fully saturated rings. The molecule has 0 saturated heterocycles. The summed E-state index contributed by atoms with van der Waals surface area (Å²) < 4.78 is 5.61. The lowest BCUT2D eigenvalue weighted by atomic mass is 9.85. The summed E-state index contributed by atoms with van der Waals surface area (Å²) in [4.78, 5) is 21.3. The number of hydrogen-bond donors (Lipinski definition) is 1. The van der Waals surface area contributed by atoms with Gasteiger partial charge in [-0.05, 0) is 30.7 Å². The SMILES string of the molecule is CC1CC=CCC1COc1ccc([N+](=O)[O-])cc1C(=O)O. The number of benzene rings is 1. The quantitative estimate of drug-likeness (QED) is 0.511. The Kier molecular flexibility index (Phi) is 4.57. The van der Waals surface area contributed by atoms with Gasteiger partial charge in [-0.15, -0.1) is 0 Å². The molecular weight excluding hydrogens is 274 g/mol. The number of allylic oxidation sites excluding steroid dienone is 2. The van der Waals surface area contributed by atoms with E-state index < -0.39 is 10.9 Å². The summed E-state index contributed by atoms with van der Waals surface area (Å²) in [5.41, 5.74) is -0.433. The number of nitro groups is 1. The number of aromatic carboxylic acids is 1. The smallest absolute Gasteiger partial charge is 0.339 e. The Morgan fingerprint density at radius 1 is 1.43 bits per heavy atom. The van der Waals surface area contributed by atoms with Crippen LogP contribution in [0, 0.1) is 22.0 Å². The monoisotopic (exact) mass is 291 g/mol. The first kappa shape index (κ1) is 15.0. The van der Waals surface area contributed by atoms with Gasteiger partial charge in [-0.1, -0.05) is 19.1 Å². The van der Waals surface area contributed by atoms with Gasteiger partial charge in [-0.25, -0.2) is 4.79 Å². The average molecular weight is 291 g/mol. The van der Waals surface area contributed by atoms with Gasteiger partial charge >= 0.3 is 5.97 Å². The van der Waals surface area contributed by atoms with E-state index in [1.54, 1.807) is 0 Å². The molecule has 6 nitrogen and oxygen atoms in total. The number of hydrogen-bond acceptors (Lipinski definition) is 4. The second kappa shape index (κ2) is 6.39. The van der Waals surface area contributed by atoms with Crippen LogP contribution in [0.15, 0.2) is 30.4 Å². The fraction of sp³-hybridized carbons (Fsp3) is 0.400. The highest BCUT2D eigenvalue weighted by atomic mass is 16.6. The highest BCUT2D eigenvalue weighted by Crippen LogP contribution is 2.28. The van der Waals surface area contributed by atoms with E-state index in [1.165, 1.54) is 12.1 Å². The van der Waals surface area contributed by atoms with E-state index in [1.807, 2.05) is 0 Å². The third-order valence-electron chi connectivity index (χ3n) is 3.78. The third-order valence-corrected chi connectivity index (χ3v) is 3.78. The van der Waals surface area contributed by atoms with Crippen molar-refractivity contribution in [2.45, 2.75) is 19.8 Å². The molecule has 1 aliphatic carbocycles. The van der Waals surface area contributed by atoms with E-state index in [0.717, 1.165) is 18.9 Å². The van der Waals surface area contributed by atoms with Crippen LogP contribution in [0.4, 0.5) is 5.69 Å². The van der Waals surface area contributed by atoms with Crippen molar-refractivity contribution in [2.24, 2.45) is 11.8 Å². The van der Waals surface area contributed by atoms with E-state index in [0.29, 0.717) is 18.4 Å². The molecule has 0 heterocycles. The molecule has 0 radical (unpaired) electrons. The minimum atomic E-state index is -1.23. The molecule has 0 spiro atoms. The second-order valence-corrected chi connectivity index (χ2v) is 5.23. The number of carboxylic acids is 1. The van der Waals surface area contributed by atoms with E-state index in [2.05, 4.69) is 19.1 Å². The van der Waals surface area contributed by atoms with Crippen LogP contribution in [-0.4, -0.2) is 22.6 Å². The van der Waals surface area contributed by atoms with Crippen molar-refractivity contribution in [3.63, 3.8) is 0 Å². The van der Waals surface area contributed by atoms with Crippen LogP contribution in [0.5, 0.6) is 5.75 Å². The van der Waals surface area contributed by atoms with Crippen LogP contribution >= 0.6 is 0 Å². The molecule has 0 bridgehead atoms. The van der Waals surface area contributed by atoms with Crippen LogP contribution in [0.25, 0.3) is 0 Å². The number of carbonyl (C=O) groups is 1. The van der Waals surface area contributed by atoms with E-state index in [4.69, 9.17) is 9.84 Å². The Labute approximate surface area is 122 Å². The molecule has 0 amide bonds. The zero-order chi connectivity index (χ0) is 15.4. The minimum absolute atomic E-state index is 0.176.